The molecule has 2 nitrogen and oxygen atoms in total. The predicted molar refractivity (Wildman–Crippen MR) is 65.7 cm³/mol. The molecule has 1 N–H and O–H groups in total. The fourth-order valence-corrected chi connectivity index (χ4v) is 1.61. The molecule has 1 rings (SSSR count). The Morgan fingerprint density at radius 2 is 1.94 bits per heavy atom. The number of alkyl halides is 1. The van der Waals surface area contributed by atoms with Crippen molar-refractivity contribution in [1.82, 2.24) is 0 Å². The monoisotopic (exact) mass is 236 g/mol. The van der Waals surface area contributed by atoms with E-state index in [-0.39, 0.29) is 12.0 Å². The molecule has 1 atom stereocenters. The minimum absolute atomic E-state index is 0.234. The van der Waals surface area contributed by atoms with E-state index >= 15 is 0 Å². The Kier molecular flexibility index (Phi) is 5.40. The second-order valence-corrected chi connectivity index (χ2v) is 4.03. The van der Waals surface area contributed by atoms with Crippen LogP contribution in [0.3, 0.4) is 0 Å². The number of hydrogen-bond acceptors (Lipinski definition) is 1. The Bertz CT molecular complexity index is 373. The zero-order chi connectivity index (χ0) is 12.7. The first-order valence-corrected chi connectivity index (χ1v) is 5.71. The Morgan fingerprint density at radius 3 is 2.53 bits per heavy atom. The number of aliphatic carboxylic acids is 1. The maximum absolute atomic E-state index is 13.3. The average molecular weight is 236 g/mol. The summed E-state index contributed by atoms with van der Waals surface area (Å²) in [6.45, 7) is 3.22. The highest BCUT2D eigenvalue weighted by Crippen LogP contribution is 2.14. The highest BCUT2D eigenvalue weighted by Gasteiger charge is 2.16. The van der Waals surface area contributed by atoms with Gasteiger partial charge in [-0.25, -0.2) is 9.18 Å². The van der Waals surface area contributed by atoms with E-state index in [1.807, 2.05) is 30.3 Å². The molecule has 3 heteroatoms. The molecule has 0 fully saturated rings. The van der Waals surface area contributed by atoms with Gasteiger partial charge in [0, 0.05) is 0 Å². The molecule has 0 spiro atoms. The fraction of sp³-hybridized carbons (Fsp3) is 0.357. The van der Waals surface area contributed by atoms with Crippen LogP contribution in [-0.4, -0.2) is 17.2 Å². The smallest absolute Gasteiger partial charge is 0.333 e. The molecule has 0 radical (unpaired) electrons. The van der Waals surface area contributed by atoms with Gasteiger partial charge in [-0.15, -0.1) is 0 Å². The van der Waals surface area contributed by atoms with Gasteiger partial charge in [-0.05, 0) is 31.2 Å². The summed E-state index contributed by atoms with van der Waals surface area (Å²) in [5, 5.41) is 8.55. The Hall–Kier alpha value is -1.64. The van der Waals surface area contributed by atoms with Gasteiger partial charge in [0.15, 0.2) is 0 Å². The third-order valence-electron chi connectivity index (χ3n) is 2.67. The van der Waals surface area contributed by atoms with Crippen molar-refractivity contribution >= 4 is 5.97 Å². The molecule has 0 aliphatic carbocycles. The van der Waals surface area contributed by atoms with Crippen molar-refractivity contribution in [1.29, 1.82) is 0 Å². The number of halogens is 1. The largest absolute Gasteiger partial charge is 0.478 e. The lowest BCUT2D eigenvalue weighted by molar-refractivity contribution is -0.133. The second-order valence-electron chi connectivity index (χ2n) is 4.03. The zero-order valence-electron chi connectivity index (χ0n) is 9.73. The van der Waals surface area contributed by atoms with Crippen molar-refractivity contribution < 1.29 is 14.3 Å². The lowest BCUT2D eigenvalue weighted by atomic mass is 10.0. The third-order valence-corrected chi connectivity index (χ3v) is 2.67. The van der Waals surface area contributed by atoms with E-state index in [1.165, 1.54) is 5.56 Å². The molecule has 0 aliphatic rings. The molecule has 0 saturated carbocycles. The first kappa shape index (κ1) is 13.4. The first-order chi connectivity index (χ1) is 8.11. The predicted octanol–water partition coefficient (Wildman–Crippen LogP) is 3.38. The van der Waals surface area contributed by atoms with E-state index < -0.39 is 12.1 Å². The van der Waals surface area contributed by atoms with Gasteiger partial charge in [0.05, 0.1) is 5.57 Å². The summed E-state index contributed by atoms with van der Waals surface area (Å²) in [6, 6.07) is 9.96. The van der Waals surface area contributed by atoms with E-state index in [1.54, 1.807) is 0 Å². The van der Waals surface area contributed by atoms with Gasteiger partial charge in [0.1, 0.15) is 6.17 Å². The van der Waals surface area contributed by atoms with E-state index in [9.17, 15) is 9.18 Å². The third kappa shape index (κ3) is 4.81. The molecule has 0 aliphatic heterocycles. The van der Waals surface area contributed by atoms with Crippen LogP contribution in [0.1, 0.15) is 24.8 Å². The van der Waals surface area contributed by atoms with Crippen LogP contribution in [0.5, 0.6) is 0 Å². The maximum atomic E-state index is 13.3. The highest BCUT2D eigenvalue weighted by atomic mass is 19.1. The van der Waals surface area contributed by atoms with E-state index in [0.717, 1.165) is 12.8 Å². The van der Waals surface area contributed by atoms with Gasteiger partial charge in [-0.1, -0.05) is 36.9 Å². The number of hydrogen-bond donors (Lipinski definition) is 1. The summed E-state index contributed by atoms with van der Waals surface area (Å²) >= 11 is 0. The van der Waals surface area contributed by atoms with Gasteiger partial charge >= 0.3 is 5.97 Å². The van der Waals surface area contributed by atoms with Crippen LogP contribution in [0, 0.1) is 0 Å². The minimum Gasteiger partial charge on any atom is -0.478 e. The minimum atomic E-state index is -1.43. The van der Waals surface area contributed by atoms with Crippen LogP contribution in [0.4, 0.5) is 4.39 Å². The number of carbonyl (C=O) groups is 1. The molecule has 1 unspecified atom stereocenters. The van der Waals surface area contributed by atoms with Gasteiger partial charge in [-0.2, -0.15) is 0 Å². The molecule has 0 bridgehead atoms. The van der Waals surface area contributed by atoms with Crippen LogP contribution >= 0.6 is 0 Å². The summed E-state index contributed by atoms with van der Waals surface area (Å²) in [7, 11) is 0. The molecule has 0 heterocycles. The number of aryl methyl sites for hydroxylation is 1. The molecule has 17 heavy (non-hydrogen) atoms. The molecule has 0 aromatic heterocycles. The topological polar surface area (TPSA) is 37.3 Å². The summed E-state index contributed by atoms with van der Waals surface area (Å²) < 4.78 is 13.3. The molecule has 0 amide bonds. The van der Waals surface area contributed by atoms with E-state index in [0.29, 0.717) is 6.42 Å². The molecular formula is C14H17FO2. The van der Waals surface area contributed by atoms with E-state index in [4.69, 9.17) is 5.11 Å². The second kappa shape index (κ2) is 6.84. The molecule has 0 saturated heterocycles. The van der Waals surface area contributed by atoms with Crippen molar-refractivity contribution in [3.05, 3.63) is 48.0 Å². The van der Waals surface area contributed by atoms with Crippen molar-refractivity contribution in [3.8, 4) is 0 Å². The van der Waals surface area contributed by atoms with Gasteiger partial charge in [0.2, 0.25) is 0 Å². The summed E-state index contributed by atoms with van der Waals surface area (Å²) in [4.78, 5) is 10.5. The molecule has 92 valence electrons. The number of carboxylic acids is 1. The normalized spacial score (nSPS) is 12.1. The van der Waals surface area contributed by atoms with E-state index in [2.05, 4.69) is 6.58 Å². The Balaban J connectivity index is 2.20. The van der Waals surface area contributed by atoms with Crippen molar-refractivity contribution in [2.75, 3.05) is 0 Å². The van der Waals surface area contributed by atoms with Crippen LogP contribution < -0.4 is 0 Å². The Morgan fingerprint density at radius 1 is 1.29 bits per heavy atom. The first-order valence-electron chi connectivity index (χ1n) is 5.71. The van der Waals surface area contributed by atoms with Crippen molar-refractivity contribution in [3.63, 3.8) is 0 Å². The van der Waals surface area contributed by atoms with Crippen molar-refractivity contribution in [2.24, 2.45) is 0 Å². The highest BCUT2D eigenvalue weighted by molar-refractivity contribution is 5.86. The molecule has 1 aromatic rings. The zero-order valence-corrected chi connectivity index (χ0v) is 9.73. The van der Waals surface area contributed by atoms with Crippen LogP contribution in [0.25, 0.3) is 0 Å². The number of carboxylic acid groups (broad SMARTS) is 1. The number of benzene rings is 1. The van der Waals surface area contributed by atoms with Crippen LogP contribution in [-0.2, 0) is 11.2 Å². The van der Waals surface area contributed by atoms with Gasteiger partial charge in [-0.3, -0.25) is 0 Å². The fourth-order valence-electron chi connectivity index (χ4n) is 1.61. The average Bonchev–Trinajstić information content (AvgIpc) is 2.34. The summed E-state index contributed by atoms with van der Waals surface area (Å²) in [5.41, 5.74) is 0.879. The molecule has 1 aromatic carbocycles. The standard InChI is InChI=1S/C14H17FO2/c1-11(14(16)17)13(15)10-6-5-9-12-7-3-2-4-8-12/h2-4,7-8,13H,1,5-6,9-10H2,(H,16,17). The van der Waals surface area contributed by atoms with Gasteiger partial charge < -0.3 is 5.11 Å². The molecular weight excluding hydrogens is 219 g/mol. The summed E-state index contributed by atoms with van der Waals surface area (Å²) in [5.74, 6) is -1.25. The van der Waals surface area contributed by atoms with Crippen molar-refractivity contribution in [2.45, 2.75) is 31.9 Å². The quantitative estimate of drug-likeness (QED) is 0.582. The van der Waals surface area contributed by atoms with Crippen LogP contribution in [0.2, 0.25) is 0 Å². The summed E-state index contributed by atoms with van der Waals surface area (Å²) in [6.07, 6.45) is 1.23. The van der Waals surface area contributed by atoms with Gasteiger partial charge in [0.25, 0.3) is 0 Å². The number of rotatable bonds is 7. The lowest BCUT2D eigenvalue weighted by Crippen LogP contribution is -2.12. The number of unbranched alkanes of at least 4 members (excludes halogenated alkanes) is 1. The Labute approximate surface area is 101 Å². The lowest BCUT2D eigenvalue weighted by Gasteiger charge is -2.07. The van der Waals surface area contributed by atoms with Crippen LogP contribution in [0.15, 0.2) is 42.5 Å². The SMILES string of the molecule is C=C(C(=O)O)C(F)CCCCc1ccccc1. The maximum Gasteiger partial charge on any atom is 0.333 e.